The molecule has 0 N–H and O–H groups in total. The van der Waals surface area contributed by atoms with E-state index in [1.807, 2.05) is 4.90 Å². The van der Waals surface area contributed by atoms with Crippen LogP contribution in [0.3, 0.4) is 0 Å². The van der Waals surface area contributed by atoms with Crippen molar-refractivity contribution < 1.29 is 14.3 Å². The van der Waals surface area contributed by atoms with Crippen LogP contribution in [0.1, 0.15) is 32.1 Å². The summed E-state index contributed by atoms with van der Waals surface area (Å²) in [7, 11) is 0. The van der Waals surface area contributed by atoms with Crippen molar-refractivity contribution >= 4 is 39.4 Å². The molecule has 3 amide bonds. The number of hydrogen-bond acceptors (Lipinski definition) is 7. The summed E-state index contributed by atoms with van der Waals surface area (Å²) in [5.41, 5.74) is 0. The molecular formula is C26H35N5O3S. The molecule has 6 rings (SSSR count). The van der Waals surface area contributed by atoms with Crippen LogP contribution in [0.15, 0.2) is 24.3 Å². The highest BCUT2D eigenvalue weighted by Gasteiger charge is 2.42. The van der Waals surface area contributed by atoms with Gasteiger partial charge in [0.15, 0.2) is 0 Å². The topological polar surface area (TPSA) is 69.2 Å². The molecule has 3 atom stereocenters. The van der Waals surface area contributed by atoms with Gasteiger partial charge in [-0.25, -0.2) is 4.79 Å². The molecule has 4 aliphatic rings. The first kappa shape index (κ1) is 23.2. The van der Waals surface area contributed by atoms with Crippen molar-refractivity contribution in [2.75, 3.05) is 63.9 Å². The van der Waals surface area contributed by atoms with Crippen LogP contribution < -0.4 is 4.90 Å². The third-order valence-corrected chi connectivity index (χ3v) is 9.24. The van der Waals surface area contributed by atoms with Crippen LogP contribution in [0.2, 0.25) is 0 Å². The molecule has 3 saturated heterocycles. The summed E-state index contributed by atoms with van der Waals surface area (Å²) in [6, 6.07) is 8.32. The number of carbonyl (C=O) groups is 2. The van der Waals surface area contributed by atoms with Gasteiger partial charge in [-0.1, -0.05) is 25.0 Å². The maximum Gasteiger partial charge on any atom is 0.327 e. The number of morpholine rings is 1. The zero-order chi connectivity index (χ0) is 23.8. The van der Waals surface area contributed by atoms with Crippen LogP contribution >= 0.6 is 11.5 Å². The van der Waals surface area contributed by atoms with Crippen LogP contribution in [0.4, 0.5) is 10.6 Å². The molecule has 4 fully saturated rings. The van der Waals surface area contributed by atoms with Gasteiger partial charge >= 0.3 is 6.03 Å². The largest absolute Gasteiger partial charge is 0.377 e. The zero-order valence-electron chi connectivity index (χ0n) is 20.3. The first-order valence-electron chi connectivity index (χ1n) is 13.2. The maximum absolute atomic E-state index is 13.1. The fraction of sp³-hybridized carbons (Fsp3) is 0.654. The van der Waals surface area contributed by atoms with E-state index in [1.54, 1.807) is 16.4 Å². The summed E-state index contributed by atoms with van der Waals surface area (Å²) in [5, 5.41) is 1.26. The number of aromatic nitrogens is 1. The van der Waals surface area contributed by atoms with E-state index in [0.717, 1.165) is 45.0 Å². The molecule has 4 heterocycles. The second-order valence-corrected chi connectivity index (χ2v) is 11.3. The van der Waals surface area contributed by atoms with E-state index in [2.05, 4.69) is 34.1 Å². The lowest BCUT2D eigenvalue weighted by molar-refractivity contribution is -0.137. The number of rotatable bonds is 5. The number of piperazine rings is 1. The molecule has 1 aliphatic carbocycles. The van der Waals surface area contributed by atoms with Gasteiger partial charge in [0, 0.05) is 51.2 Å². The molecule has 0 bridgehead atoms. The average Bonchev–Trinajstić information content (AvgIpc) is 3.32. The number of urea groups is 1. The number of amides is 3. The van der Waals surface area contributed by atoms with Crippen molar-refractivity contribution in [3.05, 3.63) is 24.3 Å². The molecule has 0 spiro atoms. The van der Waals surface area contributed by atoms with Gasteiger partial charge in [0.2, 0.25) is 5.91 Å². The Kier molecular flexibility index (Phi) is 6.64. The Labute approximate surface area is 211 Å². The summed E-state index contributed by atoms with van der Waals surface area (Å²) >= 11 is 1.59. The van der Waals surface area contributed by atoms with E-state index in [1.165, 1.54) is 29.3 Å². The Morgan fingerprint density at radius 1 is 0.971 bits per heavy atom. The summed E-state index contributed by atoms with van der Waals surface area (Å²) in [6.45, 7) is 7.35. The first-order chi connectivity index (χ1) is 17.2. The van der Waals surface area contributed by atoms with E-state index < -0.39 is 0 Å². The van der Waals surface area contributed by atoms with Crippen LogP contribution in [-0.4, -0.2) is 96.1 Å². The maximum atomic E-state index is 13.1. The third-order valence-electron chi connectivity index (χ3n) is 8.42. The van der Waals surface area contributed by atoms with Crippen molar-refractivity contribution in [3.63, 3.8) is 0 Å². The minimum absolute atomic E-state index is 0.0184. The summed E-state index contributed by atoms with van der Waals surface area (Å²) in [6.07, 6.45) is 5.15. The second kappa shape index (κ2) is 10.0. The Balaban J connectivity index is 1.07. The van der Waals surface area contributed by atoms with Crippen LogP contribution in [0.5, 0.6) is 0 Å². The van der Waals surface area contributed by atoms with Crippen molar-refractivity contribution in [1.82, 2.24) is 19.1 Å². The number of imide groups is 1. The molecule has 3 aliphatic heterocycles. The van der Waals surface area contributed by atoms with E-state index in [-0.39, 0.29) is 18.0 Å². The quantitative estimate of drug-likeness (QED) is 0.632. The normalized spacial score (nSPS) is 28.6. The molecule has 1 saturated carbocycles. The number of hydrogen-bond donors (Lipinski definition) is 0. The highest BCUT2D eigenvalue weighted by Crippen LogP contribution is 2.34. The fourth-order valence-electron chi connectivity index (χ4n) is 6.40. The van der Waals surface area contributed by atoms with E-state index in [0.29, 0.717) is 44.6 Å². The number of benzene rings is 1. The van der Waals surface area contributed by atoms with E-state index >= 15 is 0 Å². The first-order valence-corrected chi connectivity index (χ1v) is 13.9. The molecule has 2 aromatic rings. The number of ether oxygens (including phenoxy) is 1. The molecule has 3 unspecified atom stereocenters. The van der Waals surface area contributed by atoms with Gasteiger partial charge in [-0.2, -0.15) is 4.37 Å². The molecule has 0 radical (unpaired) electrons. The lowest BCUT2D eigenvalue weighted by Crippen LogP contribution is -2.61. The van der Waals surface area contributed by atoms with Crippen molar-refractivity contribution in [1.29, 1.82) is 0 Å². The predicted molar refractivity (Wildman–Crippen MR) is 137 cm³/mol. The zero-order valence-corrected chi connectivity index (χ0v) is 21.1. The average molecular weight is 498 g/mol. The monoisotopic (exact) mass is 497 g/mol. The van der Waals surface area contributed by atoms with Crippen LogP contribution in [-0.2, 0) is 9.53 Å². The molecule has 35 heavy (non-hydrogen) atoms. The molecule has 9 heteroatoms. The molecule has 1 aromatic carbocycles. The summed E-state index contributed by atoms with van der Waals surface area (Å²) < 4.78 is 11.5. The predicted octanol–water partition coefficient (Wildman–Crippen LogP) is 3.28. The molecule has 188 valence electrons. The molecule has 1 aromatic heterocycles. The minimum atomic E-state index is -0.0945. The van der Waals surface area contributed by atoms with Gasteiger partial charge in [0.05, 0.1) is 30.4 Å². The Bertz CT molecular complexity index is 1070. The minimum Gasteiger partial charge on any atom is -0.377 e. The smallest absolute Gasteiger partial charge is 0.327 e. The van der Waals surface area contributed by atoms with Gasteiger partial charge in [-0.05, 0) is 48.3 Å². The molecular weight excluding hydrogens is 462 g/mol. The molecule has 8 nitrogen and oxygen atoms in total. The number of carbonyl (C=O) groups excluding carboxylic acids is 2. The Morgan fingerprint density at radius 3 is 2.57 bits per heavy atom. The van der Waals surface area contributed by atoms with Gasteiger partial charge in [-0.15, -0.1) is 0 Å². The van der Waals surface area contributed by atoms with Gasteiger partial charge in [-0.3, -0.25) is 14.6 Å². The standard InChI is InChI=1S/C26H35N5O3S/c32-24-15-21-18-34-14-13-30(21)26(33)31(24)17-20-6-2-1-5-19(20)16-28-9-11-29(12-10-28)25-22-7-3-4-8-23(22)35-27-25/h3-4,7-8,19-21H,1-2,5-6,9-18H2. The van der Waals surface area contributed by atoms with Crippen LogP contribution in [0.25, 0.3) is 10.1 Å². The fourth-order valence-corrected chi connectivity index (χ4v) is 7.20. The second-order valence-electron chi connectivity index (χ2n) is 10.5. The lowest BCUT2D eigenvalue weighted by atomic mass is 9.78. The lowest BCUT2D eigenvalue weighted by Gasteiger charge is -2.45. The Hall–Kier alpha value is -2.23. The number of nitrogens with zero attached hydrogens (tertiary/aromatic N) is 5. The van der Waals surface area contributed by atoms with Crippen molar-refractivity contribution in [3.8, 4) is 0 Å². The van der Waals surface area contributed by atoms with E-state index in [4.69, 9.17) is 9.11 Å². The highest BCUT2D eigenvalue weighted by atomic mass is 32.1. The Morgan fingerprint density at radius 2 is 1.74 bits per heavy atom. The van der Waals surface area contributed by atoms with Gasteiger partial charge in [0.1, 0.15) is 5.82 Å². The van der Waals surface area contributed by atoms with E-state index in [9.17, 15) is 9.59 Å². The van der Waals surface area contributed by atoms with Crippen molar-refractivity contribution in [2.45, 2.75) is 38.1 Å². The third kappa shape index (κ3) is 4.66. The summed E-state index contributed by atoms with van der Waals surface area (Å²) in [4.78, 5) is 34.5. The van der Waals surface area contributed by atoms with Gasteiger partial charge < -0.3 is 14.5 Å². The van der Waals surface area contributed by atoms with Crippen molar-refractivity contribution in [2.24, 2.45) is 11.8 Å². The number of anilines is 1. The highest BCUT2D eigenvalue weighted by molar-refractivity contribution is 7.13. The number of fused-ring (bicyclic) bond motifs is 2. The van der Waals surface area contributed by atoms with Gasteiger partial charge in [0.25, 0.3) is 0 Å². The summed E-state index contributed by atoms with van der Waals surface area (Å²) in [5.74, 6) is 2.05. The van der Waals surface area contributed by atoms with Crippen LogP contribution in [0, 0.1) is 11.8 Å². The SMILES string of the molecule is O=C1CC2COCCN2C(=O)N1CC1CCCCC1CN1CCN(c2nsc3ccccc23)CC1.